The number of pyridine rings is 1. The summed E-state index contributed by atoms with van der Waals surface area (Å²) in [5.74, 6) is -2.33. The van der Waals surface area contributed by atoms with E-state index in [1.807, 2.05) is 0 Å². The van der Waals surface area contributed by atoms with Crippen LogP contribution in [0.2, 0.25) is 0 Å². The van der Waals surface area contributed by atoms with Crippen LogP contribution in [0.4, 0.5) is 39.5 Å². The van der Waals surface area contributed by atoms with E-state index in [-0.39, 0.29) is 83.1 Å². The fraction of sp³-hybridized carbons (Fsp3) is 0.282. The Morgan fingerprint density at radius 3 is 2.16 bits per heavy atom. The molecule has 4 aliphatic rings. The third-order valence-corrected chi connectivity index (χ3v) is 10.8. The maximum Gasteiger partial charge on any atom is 0.433 e. The number of rotatable bonds is 3. The summed E-state index contributed by atoms with van der Waals surface area (Å²) in [7, 11) is 0. The van der Waals surface area contributed by atoms with E-state index in [9.17, 15) is 54.4 Å². The molecule has 0 fully saturated rings. The number of nitrogens with zero attached hydrogens (tertiary/aromatic N) is 4. The molecule has 0 radical (unpaired) electrons. The summed E-state index contributed by atoms with van der Waals surface area (Å²) in [6.45, 7) is -2.26. The molecule has 2 N–H and O–H groups in total. The molecule has 1 aromatic heterocycles. The van der Waals surface area contributed by atoms with Gasteiger partial charge in [0.25, 0.3) is 0 Å². The van der Waals surface area contributed by atoms with Crippen molar-refractivity contribution in [3.63, 3.8) is 0 Å². The molecule has 4 aromatic rings. The Morgan fingerprint density at radius 1 is 0.772 bits per heavy atom. The van der Waals surface area contributed by atoms with Gasteiger partial charge >= 0.3 is 18.5 Å². The molecule has 8 rings (SSSR count). The van der Waals surface area contributed by atoms with Crippen molar-refractivity contribution in [1.29, 1.82) is 5.26 Å². The molecule has 0 bridgehead atoms. The summed E-state index contributed by atoms with van der Waals surface area (Å²) in [4.78, 5) is 40.2. The molecule has 1 aliphatic carbocycles. The molecule has 18 heteroatoms. The van der Waals surface area contributed by atoms with E-state index < -0.39 is 64.8 Å². The topological polar surface area (TPSA) is 129 Å². The van der Waals surface area contributed by atoms with Crippen LogP contribution in [0.25, 0.3) is 0 Å². The van der Waals surface area contributed by atoms with Crippen molar-refractivity contribution in [2.45, 2.75) is 55.2 Å². The fourth-order valence-electron chi connectivity index (χ4n) is 8.25. The first-order chi connectivity index (χ1) is 26.9. The number of amidine groups is 2. The molecule has 9 nitrogen and oxygen atoms in total. The van der Waals surface area contributed by atoms with Crippen molar-refractivity contribution in [2.24, 2.45) is 9.98 Å². The van der Waals surface area contributed by atoms with Gasteiger partial charge in [0.05, 0.1) is 36.0 Å². The van der Waals surface area contributed by atoms with Crippen molar-refractivity contribution in [2.75, 3.05) is 13.2 Å². The minimum absolute atomic E-state index is 0.0196. The molecular weight excluding hydrogens is 771 g/mol. The number of carbonyl (C=O) groups is 2. The molecule has 0 saturated carbocycles. The predicted molar refractivity (Wildman–Crippen MR) is 182 cm³/mol. The van der Waals surface area contributed by atoms with Gasteiger partial charge < -0.3 is 15.4 Å². The molecule has 2 spiro atoms. The fourth-order valence-corrected chi connectivity index (χ4v) is 8.25. The van der Waals surface area contributed by atoms with Crippen LogP contribution >= 0.6 is 0 Å². The SMILES string of the molecule is N#Cc1cccc2c1CC[C@@]21C(=O)NC(=NCc2cccc3c2OCCC32C(=O)NC(=NCC(F)(F)F)c3ccc(C(F)(F)F)cc32)c2ccc(C(F)(F)F)nc21. The number of halogens is 9. The summed E-state index contributed by atoms with van der Waals surface area (Å²) < 4.78 is 130. The molecule has 3 aromatic carbocycles. The number of hydrogen-bond donors (Lipinski definition) is 2. The number of aromatic nitrogens is 1. The molecule has 3 aliphatic heterocycles. The lowest BCUT2D eigenvalue weighted by Crippen LogP contribution is -2.55. The van der Waals surface area contributed by atoms with Gasteiger partial charge in [-0.2, -0.15) is 44.8 Å². The first kappa shape index (κ1) is 37.7. The van der Waals surface area contributed by atoms with Gasteiger partial charge in [0.15, 0.2) is 0 Å². The van der Waals surface area contributed by atoms with Crippen molar-refractivity contribution in [3.8, 4) is 11.8 Å². The Morgan fingerprint density at radius 2 is 1.46 bits per heavy atom. The zero-order valence-corrected chi connectivity index (χ0v) is 29.0. The second kappa shape index (κ2) is 12.9. The first-order valence-corrected chi connectivity index (χ1v) is 17.3. The zero-order chi connectivity index (χ0) is 40.7. The summed E-state index contributed by atoms with van der Waals surface area (Å²) in [6.07, 6.45) is -14.5. The van der Waals surface area contributed by atoms with Crippen molar-refractivity contribution < 1.29 is 53.8 Å². The molecule has 2 amide bonds. The quantitative estimate of drug-likeness (QED) is 0.221. The molecule has 0 saturated heterocycles. The van der Waals surface area contributed by atoms with E-state index >= 15 is 0 Å². The van der Waals surface area contributed by atoms with Gasteiger partial charge in [-0.1, -0.05) is 36.4 Å². The Labute approximate surface area is 316 Å². The second-order valence-corrected chi connectivity index (χ2v) is 13.8. The number of alkyl halides is 9. The number of benzene rings is 3. The highest BCUT2D eigenvalue weighted by atomic mass is 19.4. The number of hydrogen-bond acceptors (Lipinski definition) is 7. The van der Waals surface area contributed by atoms with Crippen LogP contribution in [0, 0.1) is 11.3 Å². The van der Waals surface area contributed by atoms with Crippen LogP contribution in [0.3, 0.4) is 0 Å². The van der Waals surface area contributed by atoms with Gasteiger partial charge in [-0.15, -0.1) is 0 Å². The Balaban J connectivity index is 1.24. The van der Waals surface area contributed by atoms with Crippen LogP contribution in [-0.4, -0.2) is 47.8 Å². The van der Waals surface area contributed by atoms with Crippen molar-refractivity contribution in [1.82, 2.24) is 15.6 Å². The maximum absolute atomic E-state index is 14.1. The van der Waals surface area contributed by atoms with E-state index in [1.54, 1.807) is 12.1 Å². The molecule has 292 valence electrons. The standard InChI is InChI=1S/C39H25F9N6O3/c40-37(41,42)18-51-31-23-8-7-21(38(43,44)45)15-27(23)35(33(55)53-31)13-14-57-29-20(4-2-6-26(29)35)17-50-32-24-9-10-28(39(46,47)48)52-30(24)36(34(56)54-32)12-11-22-19(16-49)3-1-5-25(22)36/h1-10,15H,11-14,17-18H2,(H,50,54,56)(H,51,53,55)/t35?,36-/m1/s1. The summed E-state index contributed by atoms with van der Waals surface area (Å²) in [5, 5.41) is 14.8. The number of nitrogens with one attached hydrogen (secondary N) is 2. The number of aliphatic imine (C=N–C) groups is 2. The van der Waals surface area contributed by atoms with Crippen molar-refractivity contribution >= 4 is 23.5 Å². The summed E-state index contributed by atoms with van der Waals surface area (Å²) >= 11 is 0. The third-order valence-electron chi connectivity index (χ3n) is 10.8. The average molecular weight is 797 g/mol. The van der Waals surface area contributed by atoms with E-state index in [2.05, 4.69) is 31.7 Å². The monoisotopic (exact) mass is 796 g/mol. The van der Waals surface area contributed by atoms with Gasteiger partial charge in [-0.25, -0.2) is 4.98 Å². The van der Waals surface area contributed by atoms with Crippen LogP contribution in [-0.2, 0) is 45.7 Å². The largest absolute Gasteiger partial charge is 0.493 e. The number of fused-ring (bicyclic) bond motifs is 8. The highest BCUT2D eigenvalue weighted by molar-refractivity contribution is 6.18. The molecule has 57 heavy (non-hydrogen) atoms. The van der Waals surface area contributed by atoms with Gasteiger partial charge in [0, 0.05) is 28.7 Å². The van der Waals surface area contributed by atoms with Crippen LogP contribution in [0.1, 0.15) is 74.3 Å². The van der Waals surface area contributed by atoms with Gasteiger partial charge in [0.2, 0.25) is 11.8 Å². The average Bonchev–Trinajstić information content (AvgIpc) is 3.56. The lowest BCUT2D eigenvalue weighted by atomic mass is 9.66. The Hall–Kier alpha value is -6.25. The molecular formula is C39H25F9N6O3. The lowest BCUT2D eigenvalue weighted by molar-refractivity contribution is -0.141. The van der Waals surface area contributed by atoms with Gasteiger partial charge in [-0.3, -0.25) is 19.6 Å². The summed E-state index contributed by atoms with van der Waals surface area (Å²) in [5.41, 5.74) is -5.03. The number of nitriles is 1. The third kappa shape index (κ3) is 5.98. The van der Waals surface area contributed by atoms with E-state index in [0.29, 0.717) is 23.3 Å². The first-order valence-electron chi connectivity index (χ1n) is 17.3. The van der Waals surface area contributed by atoms with E-state index in [1.165, 1.54) is 24.3 Å². The Kier molecular flexibility index (Phi) is 8.52. The molecule has 2 atom stereocenters. The highest BCUT2D eigenvalue weighted by Crippen LogP contribution is 2.51. The molecule has 4 heterocycles. The smallest absolute Gasteiger partial charge is 0.433 e. The summed E-state index contributed by atoms with van der Waals surface area (Å²) in [6, 6.07) is 15.4. The number of amides is 2. The minimum atomic E-state index is -4.88. The number of ether oxygens (including phenoxy) is 1. The van der Waals surface area contributed by atoms with Gasteiger partial charge in [0.1, 0.15) is 40.5 Å². The van der Waals surface area contributed by atoms with E-state index in [4.69, 9.17) is 4.74 Å². The van der Waals surface area contributed by atoms with Crippen LogP contribution in [0.15, 0.2) is 76.7 Å². The molecule has 1 unspecified atom stereocenters. The van der Waals surface area contributed by atoms with Gasteiger partial charge in [-0.05, 0) is 59.9 Å². The normalized spacial score (nSPS) is 22.7. The number of carbonyl (C=O) groups excluding carboxylic acids is 2. The zero-order valence-electron chi connectivity index (χ0n) is 29.0. The highest BCUT2D eigenvalue weighted by Gasteiger charge is 2.55. The number of para-hydroxylation sites is 1. The maximum atomic E-state index is 14.1. The van der Waals surface area contributed by atoms with Crippen LogP contribution in [0.5, 0.6) is 5.75 Å². The minimum Gasteiger partial charge on any atom is -0.493 e. The lowest BCUT2D eigenvalue weighted by Gasteiger charge is -2.42. The van der Waals surface area contributed by atoms with Crippen LogP contribution < -0.4 is 15.4 Å². The second-order valence-electron chi connectivity index (χ2n) is 13.8. The predicted octanol–water partition coefficient (Wildman–Crippen LogP) is 6.81. The van der Waals surface area contributed by atoms with E-state index in [0.717, 1.165) is 18.2 Å². The Bertz CT molecular complexity index is 2500. The van der Waals surface area contributed by atoms with Crippen molar-refractivity contribution in [3.05, 3.63) is 128 Å².